The summed E-state index contributed by atoms with van der Waals surface area (Å²) in [6.07, 6.45) is 2.11. The van der Waals surface area contributed by atoms with Crippen LogP contribution in [-0.4, -0.2) is 5.11 Å². The van der Waals surface area contributed by atoms with E-state index >= 15 is 0 Å². The molecule has 4 heteroatoms. The van der Waals surface area contributed by atoms with Crippen LogP contribution in [0.5, 0.6) is 5.75 Å². The number of phenols is 1. The summed E-state index contributed by atoms with van der Waals surface area (Å²) in [6, 6.07) is 1.63. The molecule has 0 aliphatic carbocycles. The highest BCUT2D eigenvalue weighted by Crippen LogP contribution is 2.32. The second-order valence-corrected chi connectivity index (χ2v) is 4.21. The van der Waals surface area contributed by atoms with Gasteiger partial charge in [-0.15, -0.1) is 6.58 Å². The summed E-state index contributed by atoms with van der Waals surface area (Å²) in [5, 5.41) is 10.5. The zero-order valence-electron chi connectivity index (χ0n) is 10.2. The first-order chi connectivity index (χ1) is 8.47. The van der Waals surface area contributed by atoms with E-state index in [2.05, 4.69) is 6.58 Å². The predicted octanol–water partition coefficient (Wildman–Crippen LogP) is 2.98. The molecule has 0 saturated carbocycles. The molecule has 0 saturated heterocycles. The van der Waals surface area contributed by atoms with Crippen LogP contribution in [-0.2, 0) is 6.42 Å². The Morgan fingerprint density at radius 1 is 1.44 bits per heavy atom. The first-order valence-corrected chi connectivity index (χ1v) is 5.52. The fourth-order valence-corrected chi connectivity index (χ4v) is 1.99. The maximum absolute atomic E-state index is 13.5. The fraction of sp³-hybridized carbons (Fsp3) is 0.214. The lowest BCUT2D eigenvalue weighted by Crippen LogP contribution is -2.08. The van der Waals surface area contributed by atoms with Crippen molar-refractivity contribution in [2.45, 2.75) is 20.3 Å². The maximum Gasteiger partial charge on any atom is 0.372 e. The number of halogens is 1. The molecule has 0 aliphatic rings. The molecule has 0 fully saturated rings. The molecule has 0 aliphatic heterocycles. The van der Waals surface area contributed by atoms with E-state index in [-0.39, 0.29) is 16.9 Å². The van der Waals surface area contributed by atoms with Crippen molar-refractivity contribution in [2.24, 2.45) is 0 Å². The quantitative estimate of drug-likeness (QED) is 0.656. The number of aromatic hydroxyl groups is 1. The highest BCUT2D eigenvalue weighted by atomic mass is 19.1. The summed E-state index contributed by atoms with van der Waals surface area (Å²) in [4.78, 5) is 11.3. The van der Waals surface area contributed by atoms with Gasteiger partial charge in [0.1, 0.15) is 11.3 Å². The minimum Gasteiger partial charge on any atom is -0.507 e. The molecular formula is C14H13FO3. The number of fused-ring (bicyclic) bond motifs is 1. The smallest absolute Gasteiger partial charge is 0.372 e. The summed E-state index contributed by atoms with van der Waals surface area (Å²) in [5.41, 5.74) is 0.508. The third kappa shape index (κ3) is 1.70. The minimum absolute atomic E-state index is 0.0524. The largest absolute Gasteiger partial charge is 0.507 e. The number of benzene rings is 1. The number of hydrogen-bond acceptors (Lipinski definition) is 3. The monoisotopic (exact) mass is 248 g/mol. The Bertz CT molecular complexity index is 698. The molecule has 94 valence electrons. The van der Waals surface area contributed by atoms with Gasteiger partial charge in [-0.2, -0.15) is 4.39 Å². The van der Waals surface area contributed by atoms with Gasteiger partial charge in [-0.25, -0.2) is 4.79 Å². The Labute approximate surface area is 103 Å². The Kier molecular flexibility index (Phi) is 2.95. The van der Waals surface area contributed by atoms with Gasteiger partial charge in [0.05, 0.1) is 0 Å². The molecule has 1 heterocycles. The van der Waals surface area contributed by atoms with Crippen LogP contribution < -0.4 is 5.63 Å². The number of rotatable bonds is 2. The lowest BCUT2D eigenvalue weighted by atomic mass is 10.0. The summed E-state index contributed by atoms with van der Waals surface area (Å²) in [7, 11) is 0. The van der Waals surface area contributed by atoms with Crippen molar-refractivity contribution in [3.63, 3.8) is 0 Å². The average Bonchev–Trinajstić information content (AvgIpc) is 2.35. The van der Waals surface area contributed by atoms with Crippen molar-refractivity contribution in [3.05, 3.63) is 51.6 Å². The van der Waals surface area contributed by atoms with Crippen LogP contribution in [0, 0.1) is 19.7 Å². The molecule has 1 N–H and O–H groups in total. The fourth-order valence-electron chi connectivity index (χ4n) is 1.99. The number of phenolic OH excluding ortho intramolecular Hbond substituents is 1. The SMILES string of the molecule is C=CCc1cc2c(C)c(F)c(=O)oc2c(C)c1O. The van der Waals surface area contributed by atoms with Gasteiger partial charge < -0.3 is 9.52 Å². The van der Waals surface area contributed by atoms with Gasteiger partial charge in [0.25, 0.3) is 0 Å². The molecule has 2 aromatic rings. The maximum atomic E-state index is 13.5. The van der Waals surface area contributed by atoms with E-state index in [0.29, 0.717) is 22.9 Å². The van der Waals surface area contributed by atoms with Crippen LogP contribution in [0.2, 0.25) is 0 Å². The van der Waals surface area contributed by atoms with E-state index in [0.717, 1.165) is 0 Å². The van der Waals surface area contributed by atoms with Crippen molar-refractivity contribution in [1.82, 2.24) is 0 Å². The van der Waals surface area contributed by atoms with Crippen molar-refractivity contribution in [1.29, 1.82) is 0 Å². The standard InChI is InChI=1S/C14H13FO3/c1-4-5-9-6-10-7(2)11(15)14(17)18-13(10)8(3)12(9)16/h4,6,16H,1,5H2,2-3H3. The Balaban J connectivity index is 2.95. The lowest BCUT2D eigenvalue weighted by Gasteiger charge is -2.10. The van der Waals surface area contributed by atoms with Gasteiger partial charge in [0.2, 0.25) is 5.82 Å². The van der Waals surface area contributed by atoms with Gasteiger partial charge in [-0.05, 0) is 31.9 Å². The van der Waals surface area contributed by atoms with Crippen molar-refractivity contribution < 1.29 is 13.9 Å². The first kappa shape index (κ1) is 12.4. The molecule has 1 aromatic carbocycles. The second-order valence-electron chi connectivity index (χ2n) is 4.21. The molecule has 0 unspecified atom stereocenters. The first-order valence-electron chi connectivity index (χ1n) is 5.52. The zero-order chi connectivity index (χ0) is 13.4. The minimum atomic E-state index is -1.01. The van der Waals surface area contributed by atoms with Crippen LogP contribution in [0.25, 0.3) is 11.0 Å². The van der Waals surface area contributed by atoms with Crippen molar-refractivity contribution in [3.8, 4) is 5.75 Å². The third-order valence-electron chi connectivity index (χ3n) is 3.03. The zero-order valence-corrected chi connectivity index (χ0v) is 10.2. The topological polar surface area (TPSA) is 50.4 Å². The van der Waals surface area contributed by atoms with Gasteiger partial charge in [-0.1, -0.05) is 6.08 Å². The van der Waals surface area contributed by atoms with Gasteiger partial charge in [0.15, 0.2) is 0 Å². The summed E-state index contributed by atoms with van der Waals surface area (Å²) in [5.74, 6) is -0.839. The molecular weight excluding hydrogens is 235 g/mol. The highest BCUT2D eigenvalue weighted by Gasteiger charge is 2.16. The second kappa shape index (κ2) is 4.29. The van der Waals surface area contributed by atoms with Crippen molar-refractivity contribution >= 4 is 11.0 Å². The molecule has 0 radical (unpaired) electrons. The molecule has 2 rings (SSSR count). The van der Waals surface area contributed by atoms with Crippen LogP contribution in [0.15, 0.2) is 27.9 Å². The van der Waals surface area contributed by atoms with Gasteiger partial charge in [0, 0.05) is 16.5 Å². The van der Waals surface area contributed by atoms with Crippen LogP contribution in [0.1, 0.15) is 16.7 Å². The normalized spacial score (nSPS) is 10.8. The van der Waals surface area contributed by atoms with E-state index in [4.69, 9.17) is 4.42 Å². The molecule has 0 bridgehead atoms. The Morgan fingerprint density at radius 2 is 2.11 bits per heavy atom. The molecule has 0 atom stereocenters. The molecule has 18 heavy (non-hydrogen) atoms. The van der Waals surface area contributed by atoms with E-state index in [1.54, 1.807) is 19.1 Å². The number of allylic oxidation sites excluding steroid dienone is 1. The average molecular weight is 248 g/mol. The molecule has 3 nitrogen and oxygen atoms in total. The van der Waals surface area contributed by atoms with Crippen LogP contribution in [0.4, 0.5) is 4.39 Å². The van der Waals surface area contributed by atoms with E-state index in [9.17, 15) is 14.3 Å². The lowest BCUT2D eigenvalue weighted by molar-refractivity contribution is 0.456. The van der Waals surface area contributed by atoms with E-state index in [1.165, 1.54) is 6.92 Å². The van der Waals surface area contributed by atoms with E-state index < -0.39 is 11.4 Å². The van der Waals surface area contributed by atoms with Gasteiger partial charge >= 0.3 is 5.63 Å². The molecule has 0 spiro atoms. The third-order valence-corrected chi connectivity index (χ3v) is 3.03. The highest BCUT2D eigenvalue weighted by molar-refractivity contribution is 5.86. The summed E-state index contributed by atoms with van der Waals surface area (Å²) < 4.78 is 18.4. The number of hydrogen-bond donors (Lipinski definition) is 1. The predicted molar refractivity (Wildman–Crippen MR) is 67.5 cm³/mol. The Hall–Kier alpha value is -2.10. The number of aryl methyl sites for hydroxylation is 2. The van der Waals surface area contributed by atoms with Crippen LogP contribution >= 0.6 is 0 Å². The summed E-state index contributed by atoms with van der Waals surface area (Å²) >= 11 is 0. The summed E-state index contributed by atoms with van der Waals surface area (Å²) in [6.45, 7) is 6.75. The van der Waals surface area contributed by atoms with Crippen molar-refractivity contribution in [2.75, 3.05) is 0 Å². The van der Waals surface area contributed by atoms with Crippen LogP contribution in [0.3, 0.4) is 0 Å². The molecule has 1 aromatic heterocycles. The van der Waals surface area contributed by atoms with E-state index in [1.807, 2.05) is 0 Å². The Morgan fingerprint density at radius 3 is 2.72 bits per heavy atom. The van der Waals surface area contributed by atoms with Gasteiger partial charge in [-0.3, -0.25) is 0 Å². The molecule has 0 amide bonds.